The van der Waals surface area contributed by atoms with E-state index in [1.165, 1.54) is 6.42 Å². The second-order valence-corrected chi connectivity index (χ2v) is 9.35. The minimum Gasteiger partial charge on any atom is -0.490 e. The van der Waals surface area contributed by atoms with Gasteiger partial charge in [-0.3, -0.25) is 9.69 Å². The number of nitrogens with zero attached hydrogens (tertiary/aromatic N) is 1. The maximum absolute atomic E-state index is 13.0. The molecule has 0 radical (unpaired) electrons. The predicted molar refractivity (Wildman–Crippen MR) is 136 cm³/mol. The monoisotopic (exact) mass is 504 g/mol. The summed E-state index contributed by atoms with van der Waals surface area (Å²) < 4.78 is 11.8. The van der Waals surface area contributed by atoms with Crippen LogP contribution in [0.1, 0.15) is 50.2 Å². The molecule has 1 amide bonds. The van der Waals surface area contributed by atoms with Crippen LogP contribution in [-0.2, 0) is 11.4 Å². The molecule has 1 aliphatic heterocycles. The fourth-order valence-electron chi connectivity index (χ4n) is 4.18. The van der Waals surface area contributed by atoms with Crippen molar-refractivity contribution < 1.29 is 14.3 Å². The van der Waals surface area contributed by atoms with Gasteiger partial charge in [0.05, 0.1) is 6.61 Å². The molecule has 0 atom stereocenters. The van der Waals surface area contributed by atoms with Gasteiger partial charge in [0.25, 0.3) is 5.91 Å². The zero-order valence-electron chi connectivity index (χ0n) is 18.4. The lowest BCUT2D eigenvalue weighted by Gasteiger charge is -2.29. The first-order valence-electron chi connectivity index (χ1n) is 11.2. The molecule has 33 heavy (non-hydrogen) atoms. The van der Waals surface area contributed by atoms with E-state index in [9.17, 15) is 4.79 Å². The van der Waals surface area contributed by atoms with Crippen LogP contribution in [-0.4, -0.2) is 28.6 Å². The van der Waals surface area contributed by atoms with E-state index in [1.54, 1.807) is 23.1 Å². The first-order valence-corrected chi connectivity index (χ1v) is 12.3. The van der Waals surface area contributed by atoms with E-state index in [1.807, 2.05) is 31.2 Å². The number of thiocarbonyl (C=S) groups is 1. The molecule has 1 saturated carbocycles. The number of hydrogen-bond acceptors (Lipinski definition) is 4. The van der Waals surface area contributed by atoms with Crippen molar-refractivity contribution in [1.29, 1.82) is 0 Å². The lowest BCUT2D eigenvalue weighted by molar-refractivity contribution is -0.124. The first kappa shape index (κ1) is 23.9. The van der Waals surface area contributed by atoms with Gasteiger partial charge in [0, 0.05) is 21.7 Å². The summed E-state index contributed by atoms with van der Waals surface area (Å²) in [5.74, 6) is 1.12. The number of amides is 1. The Morgan fingerprint density at radius 2 is 1.88 bits per heavy atom. The summed E-state index contributed by atoms with van der Waals surface area (Å²) in [5.41, 5.74) is 2.13. The molecule has 1 heterocycles. The van der Waals surface area contributed by atoms with Crippen LogP contribution in [0.15, 0.2) is 42.1 Å². The molecule has 0 spiro atoms. The number of nitrogens with one attached hydrogen (secondary N) is 1. The third-order valence-electron chi connectivity index (χ3n) is 5.83. The minimum atomic E-state index is -0.0671. The molecule has 0 aromatic heterocycles. The summed E-state index contributed by atoms with van der Waals surface area (Å²) in [4.78, 5) is 14.8. The Bertz CT molecular complexity index is 1080. The third kappa shape index (κ3) is 5.62. The molecule has 1 N–H and O–H groups in total. The van der Waals surface area contributed by atoms with E-state index in [2.05, 4.69) is 5.32 Å². The fourth-order valence-corrected chi connectivity index (χ4v) is 4.99. The van der Waals surface area contributed by atoms with Crippen LogP contribution in [0.5, 0.6) is 11.5 Å². The normalized spacial score (nSPS) is 18.0. The van der Waals surface area contributed by atoms with E-state index in [-0.39, 0.29) is 18.6 Å². The third-order valence-corrected chi connectivity index (χ3v) is 6.71. The topological polar surface area (TPSA) is 50.8 Å². The highest BCUT2D eigenvalue weighted by Crippen LogP contribution is 2.32. The summed E-state index contributed by atoms with van der Waals surface area (Å²) in [5, 5.41) is 4.71. The van der Waals surface area contributed by atoms with Crippen molar-refractivity contribution in [2.45, 2.75) is 51.7 Å². The van der Waals surface area contributed by atoms with Gasteiger partial charge in [0.1, 0.15) is 12.3 Å². The maximum atomic E-state index is 13.0. The number of rotatable bonds is 7. The van der Waals surface area contributed by atoms with Crippen molar-refractivity contribution >= 4 is 52.5 Å². The Kier molecular flexibility index (Phi) is 7.78. The summed E-state index contributed by atoms with van der Waals surface area (Å²) in [6.45, 7) is 2.67. The standard InChI is InChI=1S/C25H26Cl2N2O3S/c1-2-31-23-13-16(8-11-22(23)32-15-17-9-10-18(26)14-20(17)27)12-21-24(30)29(25(33)28-21)19-6-4-3-5-7-19/h8-14,19H,2-7,15H2,1H3,(H,28,33)/b21-12-. The van der Waals surface area contributed by atoms with Gasteiger partial charge in [0.2, 0.25) is 0 Å². The van der Waals surface area contributed by atoms with E-state index >= 15 is 0 Å². The number of hydrogen-bond donors (Lipinski definition) is 1. The predicted octanol–water partition coefficient (Wildman–Crippen LogP) is 6.36. The van der Waals surface area contributed by atoms with Gasteiger partial charge in [0.15, 0.2) is 16.6 Å². The second kappa shape index (κ2) is 10.8. The average Bonchev–Trinajstić information content (AvgIpc) is 3.07. The van der Waals surface area contributed by atoms with Crippen molar-refractivity contribution in [1.82, 2.24) is 10.2 Å². The fraction of sp³-hybridized carbons (Fsp3) is 0.360. The van der Waals surface area contributed by atoms with Gasteiger partial charge in [-0.15, -0.1) is 0 Å². The molecular weight excluding hydrogens is 479 g/mol. The Balaban J connectivity index is 1.51. The van der Waals surface area contributed by atoms with Gasteiger partial charge < -0.3 is 14.8 Å². The van der Waals surface area contributed by atoms with Crippen LogP contribution < -0.4 is 14.8 Å². The molecule has 1 saturated heterocycles. The molecule has 2 fully saturated rings. The Labute approximate surface area is 209 Å². The lowest BCUT2D eigenvalue weighted by atomic mass is 9.94. The summed E-state index contributed by atoms with van der Waals surface area (Å²) in [6.07, 6.45) is 7.30. The molecule has 8 heteroatoms. The van der Waals surface area contributed by atoms with E-state index in [4.69, 9.17) is 44.9 Å². The largest absolute Gasteiger partial charge is 0.490 e. The SMILES string of the molecule is CCOc1cc(/C=C2\NC(=S)N(C3CCCCC3)C2=O)ccc1OCc1ccc(Cl)cc1Cl. The van der Waals surface area contributed by atoms with Gasteiger partial charge >= 0.3 is 0 Å². The first-order chi connectivity index (χ1) is 16.0. The number of ether oxygens (including phenoxy) is 2. The molecule has 0 bridgehead atoms. The zero-order chi connectivity index (χ0) is 23.4. The Hall–Kier alpha value is -2.28. The van der Waals surface area contributed by atoms with Crippen LogP contribution in [0.4, 0.5) is 0 Å². The maximum Gasteiger partial charge on any atom is 0.276 e. The number of benzene rings is 2. The highest BCUT2D eigenvalue weighted by Gasteiger charge is 2.36. The quantitative estimate of drug-likeness (QED) is 0.351. The van der Waals surface area contributed by atoms with E-state index in [0.29, 0.717) is 39.0 Å². The summed E-state index contributed by atoms with van der Waals surface area (Å²) in [6, 6.07) is 11.1. The summed E-state index contributed by atoms with van der Waals surface area (Å²) in [7, 11) is 0. The van der Waals surface area contributed by atoms with Crippen LogP contribution in [0, 0.1) is 0 Å². The van der Waals surface area contributed by atoms with Crippen molar-refractivity contribution in [3.8, 4) is 11.5 Å². The van der Waals surface area contributed by atoms with Crippen LogP contribution in [0.3, 0.4) is 0 Å². The smallest absolute Gasteiger partial charge is 0.276 e. The van der Waals surface area contributed by atoms with Gasteiger partial charge in [-0.25, -0.2) is 0 Å². The number of carbonyl (C=O) groups excluding carboxylic acids is 1. The van der Waals surface area contributed by atoms with Crippen LogP contribution >= 0.6 is 35.4 Å². The highest BCUT2D eigenvalue weighted by molar-refractivity contribution is 7.80. The van der Waals surface area contributed by atoms with Crippen molar-refractivity contribution in [2.24, 2.45) is 0 Å². The molecular formula is C25H26Cl2N2O3S. The van der Waals surface area contributed by atoms with Gasteiger partial charge in [-0.1, -0.05) is 54.6 Å². The Morgan fingerprint density at radius 1 is 1.09 bits per heavy atom. The van der Waals surface area contributed by atoms with Crippen molar-refractivity contribution in [3.63, 3.8) is 0 Å². The van der Waals surface area contributed by atoms with Crippen LogP contribution in [0.25, 0.3) is 6.08 Å². The molecule has 174 valence electrons. The molecule has 0 unspecified atom stereocenters. The summed E-state index contributed by atoms with van der Waals surface area (Å²) >= 11 is 17.7. The van der Waals surface area contributed by atoms with Crippen LogP contribution in [0.2, 0.25) is 10.0 Å². The molecule has 2 aromatic carbocycles. The van der Waals surface area contributed by atoms with Crippen molar-refractivity contribution in [3.05, 3.63) is 63.3 Å². The average molecular weight is 505 g/mol. The molecule has 4 rings (SSSR count). The molecule has 2 aliphatic rings. The van der Waals surface area contributed by atoms with Gasteiger partial charge in [-0.05, 0) is 67.9 Å². The number of carbonyl (C=O) groups is 1. The van der Waals surface area contributed by atoms with Crippen molar-refractivity contribution in [2.75, 3.05) is 6.61 Å². The Morgan fingerprint density at radius 3 is 2.61 bits per heavy atom. The zero-order valence-corrected chi connectivity index (χ0v) is 20.7. The lowest BCUT2D eigenvalue weighted by Crippen LogP contribution is -2.41. The molecule has 5 nitrogen and oxygen atoms in total. The second-order valence-electron chi connectivity index (χ2n) is 8.12. The molecule has 2 aromatic rings. The molecule has 1 aliphatic carbocycles. The highest BCUT2D eigenvalue weighted by atomic mass is 35.5. The van der Waals surface area contributed by atoms with E-state index in [0.717, 1.165) is 36.8 Å². The minimum absolute atomic E-state index is 0.0671. The van der Waals surface area contributed by atoms with Gasteiger partial charge in [-0.2, -0.15) is 0 Å². The number of halogens is 2. The van der Waals surface area contributed by atoms with E-state index < -0.39 is 0 Å².